The van der Waals surface area contributed by atoms with E-state index in [2.05, 4.69) is 239 Å². The quantitative estimate of drug-likeness (QED) is 0.171. The monoisotopic (exact) mass is 847 g/mol. The molecule has 3 aliphatic rings. The highest BCUT2D eigenvalue weighted by molar-refractivity contribution is 7.99. The van der Waals surface area contributed by atoms with Gasteiger partial charge in [0.15, 0.2) is 0 Å². The molecular formula is C61H41N3S. The lowest BCUT2D eigenvalue weighted by atomic mass is 9.62. The molecule has 0 radical (unpaired) electrons. The molecule has 0 N–H and O–H groups in total. The van der Waals surface area contributed by atoms with E-state index in [1.807, 2.05) is 11.8 Å². The largest absolute Gasteiger partial charge is 0.311 e. The fourth-order valence-electron chi connectivity index (χ4n) is 11.5. The predicted octanol–water partition coefficient (Wildman–Crippen LogP) is 16.2. The van der Waals surface area contributed by atoms with Crippen LogP contribution in [0.1, 0.15) is 40.7 Å². The fraction of sp³-hybridized carbons (Fsp3) is 0.0492. The topological polar surface area (TPSA) is 13.1 Å². The molecule has 1 unspecified atom stereocenters. The molecule has 1 aliphatic carbocycles. The number of benzene rings is 9. The third-order valence-electron chi connectivity index (χ3n) is 14.2. The minimum Gasteiger partial charge on any atom is -0.311 e. The molecule has 4 heteroatoms. The molecule has 0 amide bonds. The van der Waals surface area contributed by atoms with Gasteiger partial charge in [0.25, 0.3) is 0 Å². The van der Waals surface area contributed by atoms with Gasteiger partial charge in [-0.05, 0) is 131 Å². The Bertz CT molecular complexity index is 3800. The van der Waals surface area contributed by atoms with E-state index in [1.54, 1.807) is 0 Å². The minimum atomic E-state index is -0.542. The van der Waals surface area contributed by atoms with E-state index in [0.29, 0.717) is 0 Å². The summed E-state index contributed by atoms with van der Waals surface area (Å²) in [6.07, 6.45) is 9.08. The second-order valence-electron chi connectivity index (χ2n) is 17.5. The second-order valence-corrected chi connectivity index (χ2v) is 18.6. The van der Waals surface area contributed by atoms with Crippen LogP contribution in [0, 0.1) is 0 Å². The van der Waals surface area contributed by atoms with Crippen LogP contribution in [0.15, 0.2) is 234 Å². The summed E-state index contributed by atoms with van der Waals surface area (Å²) in [5, 5.41) is 5.09. The van der Waals surface area contributed by atoms with Crippen LogP contribution in [0.5, 0.6) is 0 Å². The zero-order chi connectivity index (χ0) is 42.6. The van der Waals surface area contributed by atoms with E-state index in [-0.39, 0.29) is 0 Å². The van der Waals surface area contributed by atoms with Crippen molar-refractivity contribution in [1.29, 1.82) is 0 Å². The van der Waals surface area contributed by atoms with Gasteiger partial charge in [0.05, 0.1) is 33.2 Å². The number of hydrogen-bond donors (Lipinski definition) is 0. The molecule has 65 heavy (non-hydrogen) atoms. The summed E-state index contributed by atoms with van der Waals surface area (Å²) in [7, 11) is 0. The van der Waals surface area contributed by atoms with Crippen molar-refractivity contribution in [2.45, 2.75) is 28.0 Å². The number of hydrogen-bond acceptors (Lipinski definition) is 2. The SMILES string of the molecule is C1=CC(c2ccc(N(c3ccccc3)c3ccc(-n4c5ccccc5c5cc6c(cc54)Sc4ccccc4C64c5ccccc5-n5c6ccccc6c6cccc4c65)cc3)cc2)=CCC1. The van der Waals surface area contributed by atoms with Gasteiger partial charge < -0.3 is 14.0 Å². The molecule has 4 heterocycles. The molecule has 3 nitrogen and oxygen atoms in total. The highest BCUT2D eigenvalue weighted by Crippen LogP contribution is 2.61. The maximum absolute atomic E-state index is 2.55. The van der Waals surface area contributed by atoms with Crippen molar-refractivity contribution in [2.75, 3.05) is 4.90 Å². The van der Waals surface area contributed by atoms with Gasteiger partial charge in [0, 0.05) is 54.1 Å². The number of aromatic nitrogens is 2. The molecule has 1 spiro atoms. The van der Waals surface area contributed by atoms with Crippen molar-refractivity contribution >= 4 is 78.0 Å². The van der Waals surface area contributed by atoms with Crippen molar-refractivity contribution in [3.8, 4) is 11.4 Å². The summed E-state index contributed by atoms with van der Waals surface area (Å²) in [5.74, 6) is 0. The van der Waals surface area contributed by atoms with Crippen LogP contribution in [-0.2, 0) is 5.41 Å². The average Bonchev–Trinajstić information content (AvgIpc) is 3.89. The predicted molar refractivity (Wildman–Crippen MR) is 272 cm³/mol. The molecule has 1 atom stereocenters. The first-order valence-electron chi connectivity index (χ1n) is 22.7. The Morgan fingerprint density at radius 2 is 1.06 bits per heavy atom. The summed E-state index contributed by atoms with van der Waals surface area (Å²) < 4.78 is 5.00. The molecule has 2 aliphatic heterocycles. The zero-order valence-corrected chi connectivity index (χ0v) is 36.3. The average molecular weight is 848 g/mol. The third-order valence-corrected chi connectivity index (χ3v) is 15.3. The van der Waals surface area contributed by atoms with Crippen LogP contribution >= 0.6 is 11.8 Å². The smallest absolute Gasteiger partial charge is 0.0764 e. The summed E-state index contributed by atoms with van der Waals surface area (Å²) in [4.78, 5) is 4.94. The Kier molecular flexibility index (Phi) is 7.96. The van der Waals surface area contributed by atoms with E-state index in [0.717, 1.165) is 35.6 Å². The second kappa shape index (κ2) is 14.1. The van der Waals surface area contributed by atoms with Crippen molar-refractivity contribution in [3.05, 3.63) is 252 Å². The molecule has 11 aromatic rings. The fourth-order valence-corrected chi connectivity index (χ4v) is 12.7. The van der Waals surface area contributed by atoms with Crippen molar-refractivity contribution < 1.29 is 0 Å². The third kappa shape index (κ3) is 5.20. The van der Waals surface area contributed by atoms with Crippen LogP contribution in [0.2, 0.25) is 0 Å². The molecule has 0 saturated heterocycles. The van der Waals surface area contributed by atoms with Crippen molar-refractivity contribution in [3.63, 3.8) is 0 Å². The van der Waals surface area contributed by atoms with Gasteiger partial charge in [-0.1, -0.05) is 151 Å². The minimum absolute atomic E-state index is 0.542. The van der Waals surface area contributed by atoms with Crippen molar-refractivity contribution in [2.24, 2.45) is 0 Å². The number of allylic oxidation sites excluding steroid dienone is 4. The number of anilines is 3. The highest BCUT2D eigenvalue weighted by Gasteiger charge is 2.49. The van der Waals surface area contributed by atoms with Crippen LogP contribution in [0.25, 0.3) is 60.6 Å². The van der Waals surface area contributed by atoms with Gasteiger partial charge >= 0.3 is 0 Å². The molecule has 14 rings (SSSR count). The highest BCUT2D eigenvalue weighted by atomic mass is 32.2. The summed E-state index contributed by atoms with van der Waals surface area (Å²) in [6, 6.07) is 77.1. The molecule has 0 saturated carbocycles. The van der Waals surface area contributed by atoms with E-state index < -0.39 is 5.41 Å². The van der Waals surface area contributed by atoms with Crippen LogP contribution in [0.3, 0.4) is 0 Å². The van der Waals surface area contributed by atoms with E-state index >= 15 is 0 Å². The van der Waals surface area contributed by atoms with E-state index in [4.69, 9.17) is 0 Å². The maximum atomic E-state index is 2.55. The Hall–Kier alpha value is -7.79. The molecular weight excluding hydrogens is 807 g/mol. The maximum Gasteiger partial charge on any atom is 0.0764 e. The van der Waals surface area contributed by atoms with Gasteiger partial charge in [-0.3, -0.25) is 0 Å². The normalized spacial score (nSPS) is 15.9. The van der Waals surface area contributed by atoms with Crippen LogP contribution in [-0.4, -0.2) is 9.13 Å². The zero-order valence-electron chi connectivity index (χ0n) is 35.5. The molecule has 0 fully saturated rings. The first kappa shape index (κ1) is 36.7. The van der Waals surface area contributed by atoms with Crippen LogP contribution < -0.4 is 4.90 Å². The van der Waals surface area contributed by atoms with E-state index in [9.17, 15) is 0 Å². The number of nitrogens with zero attached hydrogens (tertiary/aromatic N) is 3. The van der Waals surface area contributed by atoms with Gasteiger partial charge in [-0.25, -0.2) is 0 Å². The lowest BCUT2D eigenvalue weighted by Gasteiger charge is -2.45. The first-order chi connectivity index (χ1) is 32.3. The Morgan fingerprint density at radius 1 is 0.431 bits per heavy atom. The van der Waals surface area contributed by atoms with E-state index in [1.165, 1.54) is 92.5 Å². The lowest BCUT2D eigenvalue weighted by molar-refractivity contribution is 0.691. The Balaban J connectivity index is 0.972. The summed E-state index contributed by atoms with van der Waals surface area (Å²) >= 11 is 1.91. The first-order valence-corrected chi connectivity index (χ1v) is 23.5. The summed E-state index contributed by atoms with van der Waals surface area (Å²) in [6.45, 7) is 0. The van der Waals surface area contributed by atoms with Gasteiger partial charge in [-0.15, -0.1) is 0 Å². The summed E-state index contributed by atoms with van der Waals surface area (Å²) in [5.41, 5.74) is 18.0. The Morgan fingerprint density at radius 3 is 1.85 bits per heavy atom. The molecule has 9 aromatic carbocycles. The molecule has 2 aromatic heterocycles. The lowest BCUT2D eigenvalue weighted by Crippen LogP contribution is -2.37. The number of fused-ring (bicyclic) bond motifs is 14. The standard InChI is InChI=1S/C61H41N3S/c1-3-16-40(17-4-1)41-30-32-43(33-31-41)62(42-18-5-2-6-19-42)44-34-36-45(37-35-44)63-54-26-11-8-21-47(54)49-38-53-59(39-57(49)63)65-58-29-14-10-24-51(58)61(53)50-23-9-13-28-56(50)64-55-27-12-7-20-46(55)48-22-15-25-52(61)60(48)64/h2-3,5-39H,1,4H2. The molecule has 0 bridgehead atoms. The van der Waals surface area contributed by atoms with Gasteiger partial charge in [0.1, 0.15) is 0 Å². The van der Waals surface area contributed by atoms with Gasteiger partial charge in [0.2, 0.25) is 0 Å². The molecule has 306 valence electrons. The van der Waals surface area contributed by atoms with Crippen molar-refractivity contribution in [1.82, 2.24) is 9.13 Å². The van der Waals surface area contributed by atoms with Crippen LogP contribution in [0.4, 0.5) is 17.1 Å². The number of rotatable bonds is 5. The van der Waals surface area contributed by atoms with Gasteiger partial charge in [-0.2, -0.15) is 0 Å². The number of para-hydroxylation sites is 5. The Labute approximate surface area is 381 Å².